The molecule has 2 aliphatic heterocycles. The van der Waals surface area contributed by atoms with Gasteiger partial charge in [-0.05, 0) is 51.1 Å². The molecule has 0 saturated carbocycles. The fraction of sp³-hybridized carbons (Fsp3) is 0.407. The number of amides is 1. The van der Waals surface area contributed by atoms with Crippen molar-refractivity contribution in [3.8, 4) is 34.8 Å². The highest BCUT2D eigenvalue weighted by molar-refractivity contribution is 5.93. The van der Waals surface area contributed by atoms with E-state index < -0.39 is 0 Å². The molecule has 5 heterocycles. The molecule has 3 aromatic rings. The molecule has 1 amide bonds. The number of piperazine rings is 1. The topological polar surface area (TPSA) is 90.0 Å². The van der Waals surface area contributed by atoms with Crippen LogP contribution < -0.4 is 9.64 Å². The zero-order valence-corrected chi connectivity index (χ0v) is 20.6. The van der Waals surface area contributed by atoms with Gasteiger partial charge in [-0.25, -0.2) is 9.50 Å². The number of carbonyl (C=O) groups excluding carboxylic acids is 1. The number of nitriles is 1. The number of rotatable bonds is 4. The van der Waals surface area contributed by atoms with Crippen LogP contribution in [0.3, 0.4) is 0 Å². The van der Waals surface area contributed by atoms with Crippen LogP contribution in [0.1, 0.15) is 18.9 Å². The number of hydrogen-bond acceptors (Lipinski definition) is 7. The molecule has 36 heavy (non-hydrogen) atoms. The number of anilines is 1. The molecule has 9 nitrogen and oxygen atoms in total. The maximum atomic E-state index is 12.6. The zero-order chi connectivity index (χ0) is 25.1. The maximum Gasteiger partial charge on any atom is 0.298 e. The number of fused-ring (bicyclic) bond motifs is 1. The molecule has 184 valence electrons. The molecule has 0 aromatic carbocycles. The summed E-state index contributed by atoms with van der Waals surface area (Å²) in [4.78, 5) is 23.5. The number of ether oxygens (including phenoxy) is 1. The van der Waals surface area contributed by atoms with E-state index in [1.807, 2.05) is 36.2 Å². The summed E-state index contributed by atoms with van der Waals surface area (Å²) in [6.45, 7) is 7.11. The van der Waals surface area contributed by atoms with Crippen LogP contribution in [-0.2, 0) is 4.79 Å². The van der Waals surface area contributed by atoms with Gasteiger partial charge in [-0.1, -0.05) is 5.92 Å². The van der Waals surface area contributed by atoms with E-state index in [-0.39, 0.29) is 5.91 Å². The lowest BCUT2D eigenvalue weighted by Crippen LogP contribution is -2.48. The molecule has 3 aromatic heterocycles. The SMILES string of the molecule is CCOc1cc(-c2ccc(N3CCN(C(=O)C#CC4CCN(C)C4)CC3)nc2)c2c(C#N)cnn2c1. The van der Waals surface area contributed by atoms with E-state index >= 15 is 0 Å². The fourth-order valence-electron chi connectivity index (χ4n) is 4.81. The monoisotopic (exact) mass is 483 g/mol. The minimum absolute atomic E-state index is 0.0835. The molecular formula is C27H29N7O2. The van der Waals surface area contributed by atoms with Crippen LogP contribution in [0.25, 0.3) is 16.6 Å². The number of nitrogens with zero attached hydrogens (tertiary/aromatic N) is 7. The molecule has 2 saturated heterocycles. The summed E-state index contributed by atoms with van der Waals surface area (Å²) in [7, 11) is 2.09. The number of hydrogen-bond donors (Lipinski definition) is 0. The summed E-state index contributed by atoms with van der Waals surface area (Å²) in [6, 6.07) is 8.13. The first kappa shape index (κ1) is 23.7. The molecule has 0 aliphatic carbocycles. The minimum atomic E-state index is -0.0835. The number of likely N-dealkylation sites (tertiary alicyclic amines) is 1. The lowest BCUT2D eigenvalue weighted by atomic mass is 10.1. The molecule has 1 unspecified atom stereocenters. The number of carbonyl (C=O) groups is 1. The summed E-state index contributed by atoms with van der Waals surface area (Å²) in [5.74, 6) is 7.78. The van der Waals surface area contributed by atoms with Crippen LogP contribution in [-0.4, -0.2) is 83.2 Å². The summed E-state index contributed by atoms with van der Waals surface area (Å²) in [5, 5.41) is 13.9. The normalized spacial score (nSPS) is 18.1. The molecule has 0 spiro atoms. The quantitative estimate of drug-likeness (QED) is 0.526. The molecular weight excluding hydrogens is 454 g/mol. The van der Waals surface area contributed by atoms with Gasteiger partial charge >= 0.3 is 0 Å². The van der Waals surface area contributed by atoms with Crippen LogP contribution >= 0.6 is 0 Å². The first-order chi connectivity index (χ1) is 17.6. The predicted octanol–water partition coefficient (Wildman–Crippen LogP) is 2.27. The zero-order valence-electron chi connectivity index (χ0n) is 20.6. The Hall–Kier alpha value is -4.08. The van der Waals surface area contributed by atoms with E-state index in [0.29, 0.717) is 50.0 Å². The molecule has 0 radical (unpaired) electrons. The average molecular weight is 484 g/mol. The van der Waals surface area contributed by atoms with Crippen LogP contribution in [0.5, 0.6) is 5.75 Å². The lowest BCUT2D eigenvalue weighted by molar-refractivity contribution is -0.125. The highest BCUT2D eigenvalue weighted by Crippen LogP contribution is 2.31. The van der Waals surface area contributed by atoms with Crippen molar-refractivity contribution in [1.82, 2.24) is 24.4 Å². The highest BCUT2D eigenvalue weighted by Gasteiger charge is 2.22. The molecule has 5 rings (SSSR count). The number of aromatic nitrogens is 3. The van der Waals surface area contributed by atoms with Gasteiger partial charge < -0.3 is 19.4 Å². The third kappa shape index (κ3) is 4.84. The largest absolute Gasteiger partial charge is 0.492 e. The maximum absolute atomic E-state index is 12.6. The van der Waals surface area contributed by atoms with E-state index in [1.54, 1.807) is 16.9 Å². The van der Waals surface area contributed by atoms with Crippen molar-refractivity contribution in [2.45, 2.75) is 13.3 Å². The van der Waals surface area contributed by atoms with Crippen LogP contribution in [0.2, 0.25) is 0 Å². The molecule has 2 fully saturated rings. The Kier molecular flexibility index (Phi) is 6.75. The van der Waals surface area contributed by atoms with Gasteiger partial charge in [0.1, 0.15) is 17.6 Å². The molecule has 1 atom stereocenters. The molecule has 0 N–H and O–H groups in total. The van der Waals surface area contributed by atoms with Crippen molar-refractivity contribution in [2.75, 3.05) is 57.8 Å². The second-order valence-corrected chi connectivity index (χ2v) is 9.19. The van der Waals surface area contributed by atoms with Crippen LogP contribution in [0, 0.1) is 29.1 Å². The molecule has 9 heteroatoms. The van der Waals surface area contributed by atoms with Crippen molar-refractivity contribution >= 4 is 17.2 Å². The fourth-order valence-corrected chi connectivity index (χ4v) is 4.81. The van der Waals surface area contributed by atoms with Crippen molar-refractivity contribution < 1.29 is 9.53 Å². The van der Waals surface area contributed by atoms with Gasteiger partial charge in [0.2, 0.25) is 0 Å². The summed E-state index contributed by atoms with van der Waals surface area (Å²) < 4.78 is 7.38. The minimum Gasteiger partial charge on any atom is -0.492 e. The van der Waals surface area contributed by atoms with Gasteiger partial charge in [0.25, 0.3) is 5.91 Å². The van der Waals surface area contributed by atoms with Gasteiger partial charge in [0, 0.05) is 56.0 Å². The van der Waals surface area contributed by atoms with Crippen LogP contribution in [0.15, 0.2) is 36.8 Å². The Morgan fingerprint density at radius 3 is 2.69 bits per heavy atom. The average Bonchev–Trinajstić information content (AvgIpc) is 3.52. The van der Waals surface area contributed by atoms with E-state index in [2.05, 4.69) is 39.9 Å². The third-order valence-electron chi connectivity index (χ3n) is 6.74. The Balaban J connectivity index is 1.28. The Bertz CT molecular complexity index is 1350. The molecule has 0 bridgehead atoms. The van der Waals surface area contributed by atoms with Crippen molar-refractivity contribution in [3.05, 3.63) is 42.4 Å². The standard InChI is InChI=1S/C27H29N7O2/c1-3-36-23-14-24(27-22(15-28)17-30-34(27)19-23)21-5-6-25(29-16-21)32-10-12-33(13-11-32)26(35)7-4-20-8-9-31(2)18-20/h5-6,14,16-17,19-20H,3,8-13,18H2,1-2H3. The first-order valence-electron chi connectivity index (χ1n) is 12.3. The van der Waals surface area contributed by atoms with Gasteiger partial charge in [0.15, 0.2) is 0 Å². The van der Waals surface area contributed by atoms with Crippen molar-refractivity contribution in [2.24, 2.45) is 5.92 Å². The van der Waals surface area contributed by atoms with Crippen LogP contribution in [0.4, 0.5) is 5.82 Å². The van der Waals surface area contributed by atoms with Crippen molar-refractivity contribution in [3.63, 3.8) is 0 Å². The van der Waals surface area contributed by atoms with Gasteiger partial charge in [-0.3, -0.25) is 4.79 Å². The molecule has 2 aliphatic rings. The smallest absolute Gasteiger partial charge is 0.298 e. The second-order valence-electron chi connectivity index (χ2n) is 9.19. The Morgan fingerprint density at radius 1 is 1.19 bits per heavy atom. The van der Waals surface area contributed by atoms with Gasteiger partial charge in [0.05, 0.1) is 30.1 Å². The predicted molar refractivity (Wildman–Crippen MR) is 136 cm³/mol. The summed E-state index contributed by atoms with van der Waals surface area (Å²) >= 11 is 0. The van der Waals surface area contributed by atoms with E-state index in [4.69, 9.17) is 9.72 Å². The van der Waals surface area contributed by atoms with Gasteiger partial charge in [-0.2, -0.15) is 10.4 Å². The van der Waals surface area contributed by atoms with E-state index in [1.165, 1.54) is 0 Å². The van der Waals surface area contributed by atoms with Gasteiger partial charge in [-0.15, -0.1) is 0 Å². The van der Waals surface area contributed by atoms with E-state index in [9.17, 15) is 10.1 Å². The number of pyridine rings is 2. The summed E-state index contributed by atoms with van der Waals surface area (Å²) in [5.41, 5.74) is 2.95. The summed E-state index contributed by atoms with van der Waals surface area (Å²) in [6.07, 6.45) is 6.19. The first-order valence-corrected chi connectivity index (χ1v) is 12.3. The second kappa shape index (κ2) is 10.3. The lowest BCUT2D eigenvalue weighted by Gasteiger charge is -2.34. The van der Waals surface area contributed by atoms with Crippen molar-refractivity contribution in [1.29, 1.82) is 5.26 Å². The Morgan fingerprint density at radius 2 is 2.03 bits per heavy atom. The van der Waals surface area contributed by atoms with E-state index in [0.717, 1.165) is 42.0 Å². The third-order valence-corrected chi connectivity index (χ3v) is 6.74. The highest BCUT2D eigenvalue weighted by atomic mass is 16.5. The Labute approximate surface area is 210 Å².